The maximum Gasteiger partial charge on any atom is 0.233 e. The molecule has 0 saturated heterocycles. The fraction of sp³-hybridized carbons (Fsp3) is 0.769. The summed E-state index contributed by atoms with van der Waals surface area (Å²) in [6.07, 6.45) is 3.75. The zero-order valence-corrected chi connectivity index (χ0v) is 13.7. The smallest absolute Gasteiger partial charge is 0.233 e. The summed E-state index contributed by atoms with van der Waals surface area (Å²) < 4.78 is 30.6. The molecule has 1 heterocycles. The lowest BCUT2D eigenvalue weighted by atomic mass is 9.90. The Bertz CT molecular complexity index is 589. The topological polar surface area (TPSA) is 61.2 Å². The van der Waals surface area contributed by atoms with Gasteiger partial charge in [0.15, 0.2) is 5.75 Å². The Morgan fingerprint density at radius 3 is 2.40 bits per heavy atom. The van der Waals surface area contributed by atoms with Crippen molar-refractivity contribution in [3.63, 3.8) is 0 Å². The SMILES string of the molecule is Cc1nn(C)c(C)c1OCC1(CS(=O)(=O)Cl)CCCC1. The van der Waals surface area contributed by atoms with Crippen LogP contribution < -0.4 is 4.74 Å². The largest absolute Gasteiger partial charge is 0.489 e. The first-order chi connectivity index (χ1) is 9.22. The van der Waals surface area contributed by atoms with Crippen molar-refractivity contribution in [2.75, 3.05) is 12.4 Å². The van der Waals surface area contributed by atoms with Gasteiger partial charge in [-0.1, -0.05) is 12.8 Å². The quantitative estimate of drug-likeness (QED) is 0.782. The fourth-order valence-electron chi connectivity index (χ4n) is 3.01. The van der Waals surface area contributed by atoms with E-state index in [0.717, 1.165) is 42.8 Å². The van der Waals surface area contributed by atoms with Crippen LogP contribution in [0.5, 0.6) is 5.75 Å². The standard InChI is InChI=1S/C13H21ClN2O3S/c1-10-12(11(2)16(3)15-10)19-8-13(6-4-5-7-13)9-20(14,17)18/h4-9H2,1-3H3. The predicted octanol–water partition coefficient (Wildman–Crippen LogP) is 2.54. The number of hydrogen-bond acceptors (Lipinski definition) is 4. The number of halogens is 1. The van der Waals surface area contributed by atoms with Gasteiger partial charge in [-0.2, -0.15) is 5.10 Å². The van der Waals surface area contributed by atoms with Crippen LogP contribution in [-0.2, 0) is 16.1 Å². The number of nitrogens with zero attached hydrogens (tertiary/aromatic N) is 2. The lowest BCUT2D eigenvalue weighted by molar-refractivity contribution is 0.169. The van der Waals surface area contributed by atoms with Crippen molar-refractivity contribution in [1.82, 2.24) is 9.78 Å². The van der Waals surface area contributed by atoms with Gasteiger partial charge in [-0.3, -0.25) is 4.68 Å². The molecular formula is C13H21ClN2O3S. The number of aryl methyl sites for hydroxylation is 2. The first-order valence-electron chi connectivity index (χ1n) is 6.78. The van der Waals surface area contributed by atoms with Gasteiger partial charge in [0, 0.05) is 23.1 Å². The third kappa shape index (κ3) is 3.47. The van der Waals surface area contributed by atoms with Crippen molar-refractivity contribution in [2.24, 2.45) is 12.5 Å². The Morgan fingerprint density at radius 2 is 1.95 bits per heavy atom. The number of hydrogen-bond donors (Lipinski definition) is 0. The maximum atomic E-state index is 11.4. The van der Waals surface area contributed by atoms with Gasteiger partial charge in [-0.15, -0.1) is 0 Å². The van der Waals surface area contributed by atoms with Crippen LogP contribution >= 0.6 is 10.7 Å². The van der Waals surface area contributed by atoms with E-state index in [0.29, 0.717) is 6.61 Å². The molecule has 0 unspecified atom stereocenters. The lowest BCUT2D eigenvalue weighted by Gasteiger charge is -2.27. The van der Waals surface area contributed by atoms with Crippen LogP contribution in [0.4, 0.5) is 0 Å². The van der Waals surface area contributed by atoms with E-state index in [-0.39, 0.29) is 11.2 Å². The molecule has 0 bridgehead atoms. The van der Waals surface area contributed by atoms with Gasteiger partial charge in [0.25, 0.3) is 0 Å². The van der Waals surface area contributed by atoms with E-state index in [1.807, 2.05) is 20.9 Å². The van der Waals surface area contributed by atoms with Crippen molar-refractivity contribution in [3.05, 3.63) is 11.4 Å². The van der Waals surface area contributed by atoms with Crippen molar-refractivity contribution in [2.45, 2.75) is 39.5 Å². The van der Waals surface area contributed by atoms with E-state index in [9.17, 15) is 8.42 Å². The Labute approximate surface area is 124 Å². The summed E-state index contributed by atoms with van der Waals surface area (Å²) in [6.45, 7) is 4.21. The van der Waals surface area contributed by atoms with Gasteiger partial charge >= 0.3 is 0 Å². The number of aromatic nitrogens is 2. The van der Waals surface area contributed by atoms with E-state index in [2.05, 4.69) is 5.10 Å². The van der Waals surface area contributed by atoms with Crippen LogP contribution in [0.1, 0.15) is 37.1 Å². The van der Waals surface area contributed by atoms with Crippen LogP contribution in [0, 0.1) is 19.3 Å². The van der Waals surface area contributed by atoms with Crippen molar-refractivity contribution in [3.8, 4) is 5.75 Å². The van der Waals surface area contributed by atoms with Gasteiger partial charge in [0.2, 0.25) is 9.05 Å². The van der Waals surface area contributed by atoms with Crippen molar-refractivity contribution >= 4 is 19.7 Å². The molecule has 0 aliphatic heterocycles. The molecule has 0 radical (unpaired) electrons. The molecule has 20 heavy (non-hydrogen) atoms. The zero-order valence-electron chi connectivity index (χ0n) is 12.1. The van der Waals surface area contributed by atoms with Gasteiger partial charge in [-0.25, -0.2) is 8.42 Å². The van der Waals surface area contributed by atoms with Crippen LogP contribution in [-0.4, -0.2) is 30.6 Å². The fourth-order valence-corrected chi connectivity index (χ4v) is 4.81. The molecule has 0 amide bonds. The third-order valence-electron chi connectivity index (χ3n) is 4.11. The van der Waals surface area contributed by atoms with Crippen LogP contribution in [0.3, 0.4) is 0 Å². The average Bonchev–Trinajstić information content (AvgIpc) is 2.83. The summed E-state index contributed by atoms with van der Waals surface area (Å²) in [5.41, 5.74) is 1.42. The Balaban J connectivity index is 2.14. The predicted molar refractivity (Wildman–Crippen MR) is 78.7 cm³/mol. The molecule has 1 aliphatic carbocycles. The molecule has 2 rings (SSSR count). The van der Waals surface area contributed by atoms with Gasteiger partial charge in [0.05, 0.1) is 18.1 Å². The molecule has 5 nitrogen and oxygen atoms in total. The molecule has 1 saturated carbocycles. The summed E-state index contributed by atoms with van der Waals surface area (Å²) >= 11 is 0. The molecule has 1 aliphatic rings. The Kier molecular flexibility index (Phi) is 4.35. The summed E-state index contributed by atoms with van der Waals surface area (Å²) in [6, 6.07) is 0. The zero-order chi connectivity index (χ0) is 15.0. The minimum atomic E-state index is -3.51. The molecule has 1 fully saturated rings. The van der Waals surface area contributed by atoms with E-state index < -0.39 is 9.05 Å². The molecule has 1 aromatic rings. The molecule has 0 N–H and O–H groups in total. The van der Waals surface area contributed by atoms with E-state index in [1.54, 1.807) is 4.68 Å². The normalized spacial score (nSPS) is 18.4. The minimum Gasteiger partial charge on any atom is -0.489 e. The molecule has 1 aromatic heterocycles. The van der Waals surface area contributed by atoms with E-state index in [4.69, 9.17) is 15.4 Å². The minimum absolute atomic E-state index is 0.0140. The summed E-state index contributed by atoms with van der Waals surface area (Å²) in [4.78, 5) is 0. The van der Waals surface area contributed by atoms with Crippen molar-refractivity contribution < 1.29 is 13.2 Å². The maximum absolute atomic E-state index is 11.4. The van der Waals surface area contributed by atoms with Crippen LogP contribution in [0.15, 0.2) is 0 Å². The van der Waals surface area contributed by atoms with Crippen LogP contribution in [0.25, 0.3) is 0 Å². The average molecular weight is 321 g/mol. The first-order valence-corrected chi connectivity index (χ1v) is 9.26. The summed E-state index contributed by atoms with van der Waals surface area (Å²) in [5.74, 6) is 0.741. The summed E-state index contributed by atoms with van der Waals surface area (Å²) in [7, 11) is 3.80. The highest BCUT2D eigenvalue weighted by atomic mass is 35.7. The van der Waals surface area contributed by atoms with E-state index >= 15 is 0 Å². The van der Waals surface area contributed by atoms with Gasteiger partial charge < -0.3 is 4.74 Å². The Morgan fingerprint density at radius 1 is 1.35 bits per heavy atom. The molecule has 0 aromatic carbocycles. The second-order valence-electron chi connectivity index (χ2n) is 5.80. The molecule has 0 atom stereocenters. The monoisotopic (exact) mass is 320 g/mol. The number of ether oxygens (including phenoxy) is 1. The number of rotatable bonds is 5. The Hall–Kier alpha value is -0.750. The molecule has 0 spiro atoms. The third-order valence-corrected chi connectivity index (χ3v) is 5.39. The van der Waals surface area contributed by atoms with E-state index in [1.165, 1.54) is 0 Å². The van der Waals surface area contributed by atoms with Crippen LogP contribution in [0.2, 0.25) is 0 Å². The second-order valence-corrected chi connectivity index (χ2v) is 8.58. The highest BCUT2D eigenvalue weighted by molar-refractivity contribution is 8.13. The molecule has 114 valence electrons. The van der Waals surface area contributed by atoms with Gasteiger partial charge in [-0.05, 0) is 26.7 Å². The lowest BCUT2D eigenvalue weighted by Crippen LogP contribution is -2.32. The highest BCUT2D eigenvalue weighted by Crippen LogP contribution is 2.40. The van der Waals surface area contributed by atoms with Crippen molar-refractivity contribution in [1.29, 1.82) is 0 Å². The second kappa shape index (κ2) is 5.56. The summed E-state index contributed by atoms with van der Waals surface area (Å²) in [5, 5.41) is 4.30. The highest BCUT2D eigenvalue weighted by Gasteiger charge is 2.39. The van der Waals surface area contributed by atoms with Gasteiger partial charge in [0.1, 0.15) is 5.69 Å². The first kappa shape index (κ1) is 15.6. The molecule has 7 heteroatoms. The molecular weight excluding hydrogens is 300 g/mol.